The van der Waals surface area contributed by atoms with Crippen LogP contribution in [-0.4, -0.2) is 14.2 Å². The fraction of sp³-hybridized carbons (Fsp3) is 0.500. The van der Waals surface area contributed by atoms with Crippen LogP contribution in [0.15, 0.2) is 17.0 Å². The molecule has 2 nitrogen and oxygen atoms in total. The van der Waals surface area contributed by atoms with E-state index < -0.39 is 9.84 Å². The van der Waals surface area contributed by atoms with E-state index in [1.165, 1.54) is 18.9 Å². The molecule has 92 valence electrons. The van der Waals surface area contributed by atoms with Crippen LogP contribution >= 0.6 is 23.2 Å². The van der Waals surface area contributed by atoms with Gasteiger partial charge in [-0.3, -0.25) is 0 Å². The van der Waals surface area contributed by atoms with Gasteiger partial charge < -0.3 is 0 Å². The first-order valence-corrected chi connectivity index (χ1v) is 8.11. The average Bonchev–Trinajstić information content (AvgIpc) is 3.05. The van der Waals surface area contributed by atoms with Crippen molar-refractivity contribution in [2.24, 2.45) is 5.92 Å². The third-order valence-electron chi connectivity index (χ3n) is 3.68. The van der Waals surface area contributed by atoms with Crippen molar-refractivity contribution >= 4 is 33.0 Å². The van der Waals surface area contributed by atoms with Gasteiger partial charge in [0.1, 0.15) is 0 Å². The molecule has 1 unspecified atom stereocenters. The van der Waals surface area contributed by atoms with Gasteiger partial charge in [0.2, 0.25) is 0 Å². The van der Waals surface area contributed by atoms with E-state index in [-0.39, 0.29) is 5.75 Å². The molecule has 0 bridgehead atoms. The van der Waals surface area contributed by atoms with Crippen LogP contribution < -0.4 is 0 Å². The van der Waals surface area contributed by atoms with E-state index in [0.29, 0.717) is 26.8 Å². The summed E-state index contributed by atoms with van der Waals surface area (Å²) in [5, 5.41) is 0.776. The standard InChI is InChI=1S/C12H12Cl2O2S/c13-10-5-9-8(7-1-2-7)3-4-17(15,16)12(9)6-11(10)14/h5-8H,1-4H2. The van der Waals surface area contributed by atoms with Crippen molar-refractivity contribution in [3.63, 3.8) is 0 Å². The maximum Gasteiger partial charge on any atom is 0.178 e. The van der Waals surface area contributed by atoms with Crippen LogP contribution in [0.3, 0.4) is 0 Å². The minimum Gasteiger partial charge on any atom is -0.224 e. The van der Waals surface area contributed by atoms with E-state index in [9.17, 15) is 8.42 Å². The molecule has 1 aliphatic heterocycles. The Morgan fingerprint density at radius 3 is 2.35 bits per heavy atom. The van der Waals surface area contributed by atoms with E-state index in [0.717, 1.165) is 12.0 Å². The Kier molecular flexibility index (Phi) is 2.69. The van der Waals surface area contributed by atoms with Crippen molar-refractivity contribution in [2.45, 2.75) is 30.1 Å². The number of hydrogen-bond donors (Lipinski definition) is 0. The molecule has 0 saturated heterocycles. The Bertz CT molecular complexity index is 576. The van der Waals surface area contributed by atoms with E-state index in [1.807, 2.05) is 0 Å². The lowest BCUT2D eigenvalue weighted by Gasteiger charge is -2.25. The highest BCUT2D eigenvalue weighted by atomic mass is 35.5. The molecule has 0 aromatic heterocycles. The van der Waals surface area contributed by atoms with E-state index in [2.05, 4.69) is 0 Å². The molecule has 2 aliphatic rings. The zero-order valence-electron chi connectivity index (χ0n) is 9.12. The van der Waals surface area contributed by atoms with Gasteiger partial charge in [-0.15, -0.1) is 0 Å². The number of rotatable bonds is 1. The minimum atomic E-state index is -3.16. The molecular weight excluding hydrogens is 279 g/mol. The van der Waals surface area contributed by atoms with Crippen molar-refractivity contribution < 1.29 is 8.42 Å². The van der Waals surface area contributed by atoms with Crippen LogP contribution in [0.1, 0.15) is 30.7 Å². The van der Waals surface area contributed by atoms with Crippen molar-refractivity contribution in [3.05, 3.63) is 27.7 Å². The van der Waals surface area contributed by atoms with Crippen molar-refractivity contribution in [1.29, 1.82) is 0 Å². The minimum absolute atomic E-state index is 0.235. The summed E-state index contributed by atoms with van der Waals surface area (Å²) in [6.45, 7) is 0. The largest absolute Gasteiger partial charge is 0.224 e. The lowest BCUT2D eigenvalue weighted by molar-refractivity contribution is 0.534. The molecule has 0 spiro atoms. The smallest absolute Gasteiger partial charge is 0.178 e. The van der Waals surface area contributed by atoms with Crippen LogP contribution in [0, 0.1) is 5.92 Å². The molecule has 0 amide bonds. The summed E-state index contributed by atoms with van der Waals surface area (Å²) in [5.41, 5.74) is 0.883. The molecule has 0 radical (unpaired) electrons. The maximum absolute atomic E-state index is 12.0. The Labute approximate surface area is 111 Å². The second-order valence-corrected chi connectivity index (χ2v) is 7.75. The predicted molar refractivity (Wildman–Crippen MR) is 68.6 cm³/mol. The Hall–Kier alpha value is -0.250. The fourth-order valence-electron chi connectivity index (χ4n) is 2.64. The topological polar surface area (TPSA) is 34.1 Å². The second kappa shape index (κ2) is 3.87. The molecule has 1 fully saturated rings. The summed E-state index contributed by atoms with van der Waals surface area (Å²) < 4.78 is 24.0. The predicted octanol–water partition coefficient (Wildman–Crippen LogP) is 3.66. The highest BCUT2D eigenvalue weighted by Gasteiger charge is 2.39. The molecule has 1 saturated carbocycles. The third-order valence-corrected chi connectivity index (χ3v) is 6.19. The van der Waals surface area contributed by atoms with Gasteiger partial charge in [-0.25, -0.2) is 8.42 Å². The van der Waals surface area contributed by atoms with Gasteiger partial charge in [0.25, 0.3) is 0 Å². The van der Waals surface area contributed by atoms with Gasteiger partial charge in [0, 0.05) is 0 Å². The molecule has 5 heteroatoms. The molecule has 17 heavy (non-hydrogen) atoms. The first-order chi connectivity index (χ1) is 7.99. The first-order valence-electron chi connectivity index (χ1n) is 5.71. The van der Waals surface area contributed by atoms with Gasteiger partial charge in [-0.1, -0.05) is 23.2 Å². The van der Waals surface area contributed by atoms with Gasteiger partial charge in [-0.2, -0.15) is 0 Å². The highest BCUT2D eigenvalue weighted by Crippen LogP contribution is 2.49. The monoisotopic (exact) mass is 290 g/mol. The summed E-state index contributed by atoms with van der Waals surface area (Å²) in [6.07, 6.45) is 3.12. The zero-order valence-corrected chi connectivity index (χ0v) is 11.4. The van der Waals surface area contributed by atoms with Gasteiger partial charge in [0.15, 0.2) is 9.84 Å². The number of benzene rings is 1. The lowest BCUT2D eigenvalue weighted by atomic mass is 9.91. The molecule has 1 heterocycles. The van der Waals surface area contributed by atoms with Crippen molar-refractivity contribution in [1.82, 2.24) is 0 Å². The molecule has 3 rings (SSSR count). The molecule has 1 aromatic rings. The van der Waals surface area contributed by atoms with Gasteiger partial charge in [0.05, 0.1) is 20.7 Å². The van der Waals surface area contributed by atoms with Gasteiger partial charge in [-0.05, 0) is 48.8 Å². The van der Waals surface area contributed by atoms with Crippen molar-refractivity contribution in [3.8, 4) is 0 Å². The Morgan fingerprint density at radius 1 is 1.06 bits per heavy atom. The summed E-state index contributed by atoms with van der Waals surface area (Å²) in [5.74, 6) is 1.23. The Morgan fingerprint density at radius 2 is 1.71 bits per heavy atom. The van der Waals surface area contributed by atoms with Crippen LogP contribution in [0.4, 0.5) is 0 Å². The number of hydrogen-bond acceptors (Lipinski definition) is 2. The van der Waals surface area contributed by atoms with E-state index >= 15 is 0 Å². The SMILES string of the molecule is O=S1(=O)CCC(C2CC2)c2cc(Cl)c(Cl)cc21. The summed E-state index contributed by atoms with van der Waals surface area (Å²) >= 11 is 11.9. The highest BCUT2D eigenvalue weighted by molar-refractivity contribution is 7.91. The lowest BCUT2D eigenvalue weighted by Crippen LogP contribution is -2.21. The summed E-state index contributed by atoms with van der Waals surface area (Å²) in [7, 11) is -3.16. The summed E-state index contributed by atoms with van der Waals surface area (Å²) in [4.78, 5) is 0.398. The molecule has 0 N–H and O–H groups in total. The quantitative estimate of drug-likeness (QED) is 0.791. The van der Waals surface area contributed by atoms with Gasteiger partial charge >= 0.3 is 0 Å². The van der Waals surface area contributed by atoms with Crippen LogP contribution in [0.25, 0.3) is 0 Å². The normalized spacial score (nSPS) is 26.6. The molecule has 1 atom stereocenters. The van der Waals surface area contributed by atoms with Crippen LogP contribution in [0.2, 0.25) is 10.0 Å². The first kappa shape index (κ1) is 11.8. The third kappa shape index (κ3) is 1.98. The average molecular weight is 291 g/mol. The molecule has 1 aliphatic carbocycles. The van der Waals surface area contributed by atoms with E-state index in [1.54, 1.807) is 6.07 Å². The maximum atomic E-state index is 12.0. The molecular formula is C12H12Cl2O2S. The van der Waals surface area contributed by atoms with Crippen molar-refractivity contribution in [2.75, 3.05) is 5.75 Å². The number of halogens is 2. The number of fused-ring (bicyclic) bond motifs is 1. The number of sulfone groups is 1. The molecule has 1 aromatic carbocycles. The fourth-order valence-corrected chi connectivity index (χ4v) is 4.69. The zero-order chi connectivity index (χ0) is 12.2. The van der Waals surface area contributed by atoms with Crippen LogP contribution in [0.5, 0.6) is 0 Å². The second-order valence-electron chi connectivity index (χ2n) is 4.86. The van der Waals surface area contributed by atoms with E-state index in [4.69, 9.17) is 23.2 Å². The summed E-state index contributed by atoms with van der Waals surface area (Å²) in [6, 6.07) is 3.27. The Balaban J connectivity index is 2.20. The van der Waals surface area contributed by atoms with Crippen LogP contribution in [-0.2, 0) is 9.84 Å².